The molecule has 2 rings (SSSR count). The van der Waals surface area contributed by atoms with Gasteiger partial charge in [0, 0.05) is 32.0 Å². The number of aliphatic imine (C=N–C) groups is 1. The molecule has 0 bridgehead atoms. The molecule has 0 atom stereocenters. The van der Waals surface area contributed by atoms with E-state index in [1.54, 1.807) is 18.6 Å². The highest BCUT2D eigenvalue weighted by atomic mass is 16.5. The summed E-state index contributed by atoms with van der Waals surface area (Å²) in [6.07, 6.45) is 7.08. The third-order valence-electron chi connectivity index (χ3n) is 2.99. The van der Waals surface area contributed by atoms with Crippen molar-refractivity contribution < 1.29 is 4.74 Å². The summed E-state index contributed by atoms with van der Waals surface area (Å²) in [6.45, 7) is 8.02. The Morgan fingerprint density at radius 3 is 2.85 bits per heavy atom. The van der Waals surface area contributed by atoms with Gasteiger partial charge in [0.05, 0.1) is 25.1 Å². The van der Waals surface area contributed by atoms with E-state index < -0.39 is 0 Å². The van der Waals surface area contributed by atoms with Crippen LogP contribution in [0.4, 0.5) is 5.82 Å². The van der Waals surface area contributed by atoms with Gasteiger partial charge in [-0.3, -0.25) is 9.98 Å². The Morgan fingerprint density at radius 2 is 2.25 bits per heavy atom. The first-order valence-corrected chi connectivity index (χ1v) is 6.92. The van der Waals surface area contributed by atoms with Crippen LogP contribution in [0.2, 0.25) is 0 Å². The summed E-state index contributed by atoms with van der Waals surface area (Å²) in [6, 6.07) is 0. The molecule has 1 aromatic heterocycles. The van der Waals surface area contributed by atoms with Gasteiger partial charge in [0.25, 0.3) is 0 Å². The number of nitrogens with one attached hydrogen (secondary N) is 1. The number of rotatable bonds is 4. The maximum absolute atomic E-state index is 5.40. The number of nitrogens with zero attached hydrogens (tertiary/aromatic N) is 4. The SMILES string of the molecule is C/C=C(\C(=NCC)Nc1cnccn1)N1CCOCC1. The molecule has 6 nitrogen and oxygen atoms in total. The van der Waals surface area contributed by atoms with Crippen molar-refractivity contribution in [3.63, 3.8) is 0 Å². The summed E-state index contributed by atoms with van der Waals surface area (Å²) < 4.78 is 5.40. The average molecular weight is 275 g/mol. The van der Waals surface area contributed by atoms with Gasteiger partial charge in [0.15, 0.2) is 0 Å². The summed E-state index contributed by atoms with van der Waals surface area (Å²) in [4.78, 5) is 15.1. The lowest BCUT2D eigenvalue weighted by molar-refractivity contribution is 0.0564. The lowest BCUT2D eigenvalue weighted by Crippen LogP contribution is -2.39. The molecule has 0 aromatic carbocycles. The monoisotopic (exact) mass is 275 g/mol. The van der Waals surface area contributed by atoms with Gasteiger partial charge in [-0.2, -0.15) is 0 Å². The van der Waals surface area contributed by atoms with Crippen LogP contribution in [-0.4, -0.2) is 53.6 Å². The molecule has 1 aromatic rings. The Morgan fingerprint density at radius 1 is 1.45 bits per heavy atom. The first kappa shape index (κ1) is 14.5. The molecule has 0 amide bonds. The van der Waals surface area contributed by atoms with Gasteiger partial charge in [-0.05, 0) is 13.8 Å². The first-order valence-electron chi connectivity index (χ1n) is 6.92. The molecule has 1 aliphatic heterocycles. The highest BCUT2D eigenvalue weighted by Crippen LogP contribution is 2.12. The number of amidine groups is 1. The second-order valence-corrected chi connectivity index (χ2v) is 4.31. The minimum Gasteiger partial charge on any atom is -0.378 e. The van der Waals surface area contributed by atoms with E-state index in [0.717, 1.165) is 37.8 Å². The van der Waals surface area contributed by atoms with Gasteiger partial charge in [0.1, 0.15) is 11.7 Å². The smallest absolute Gasteiger partial charge is 0.150 e. The quantitative estimate of drug-likeness (QED) is 0.667. The molecule has 0 aliphatic carbocycles. The van der Waals surface area contributed by atoms with Gasteiger partial charge in [-0.1, -0.05) is 6.08 Å². The van der Waals surface area contributed by atoms with Crippen molar-refractivity contribution in [1.82, 2.24) is 14.9 Å². The number of hydrogen-bond donors (Lipinski definition) is 1. The Balaban J connectivity index is 2.16. The van der Waals surface area contributed by atoms with Gasteiger partial charge >= 0.3 is 0 Å². The Labute approximate surface area is 119 Å². The zero-order valence-corrected chi connectivity index (χ0v) is 12.0. The number of allylic oxidation sites excluding steroid dienone is 1. The summed E-state index contributed by atoms with van der Waals surface area (Å²) in [7, 11) is 0. The molecular formula is C14H21N5O. The topological polar surface area (TPSA) is 62.6 Å². The van der Waals surface area contributed by atoms with Crippen LogP contribution in [-0.2, 0) is 4.74 Å². The lowest BCUT2D eigenvalue weighted by atomic mass is 10.3. The lowest BCUT2D eigenvalue weighted by Gasteiger charge is -2.31. The fraction of sp³-hybridized carbons (Fsp3) is 0.500. The minimum atomic E-state index is 0.701. The third kappa shape index (κ3) is 3.77. The molecule has 1 fully saturated rings. The molecule has 108 valence electrons. The van der Waals surface area contributed by atoms with Crippen molar-refractivity contribution in [3.05, 3.63) is 30.4 Å². The Hall–Kier alpha value is -1.95. The van der Waals surface area contributed by atoms with Crippen LogP contribution >= 0.6 is 0 Å². The average Bonchev–Trinajstić information content (AvgIpc) is 2.50. The maximum atomic E-state index is 5.40. The minimum absolute atomic E-state index is 0.701. The number of anilines is 1. The standard InChI is InChI=1S/C14H21N5O/c1-3-12(19-7-9-20-10-8-19)14(16-4-2)18-13-11-15-5-6-17-13/h3,5-6,11H,4,7-10H2,1-2H3,(H,16,17,18)/b12-3+. The van der Waals surface area contributed by atoms with Crippen molar-refractivity contribution in [1.29, 1.82) is 0 Å². The molecule has 0 spiro atoms. The molecule has 2 heterocycles. The molecule has 1 N–H and O–H groups in total. The molecule has 6 heteroatoms. The zero-order valence-electron chi connectivity index (χ0n) is 12.0. The van der Waals surface area contributed by atoms with E-state index in [-0.39, 0.29) is 0 Å². The molecule has 0 unspecified atom stereocenters. The van der Waals surface area contributed by atoms with Crippen LogP contribution in [0, 0.1) is 0 Å². The van der Waals surface area contributed by atoms with Crippen molar-refractivity contribution in [2.24, 2.45) is 4.99 Å². The molecular weight excluding hydrogens is 254 g/mol. The number of hydrogen-bond acceptors (Lipinski definition) is 5. The molecule has 0 radical (unpaired) electrons. The van der Waals surface area contributed by atoms with Crippen LogP contribution in [0.25, 0.3) is 0 Å². The van der Waals surface area contributed by atoms with E-state index in [0.29, 0.717) is 12.4 Å². The Kier molecular flexibility index (Phi) is 5.49. The van der Waals surface area contributed by atoms with Crippen LogP contribution in [0.1, 0.15) is 13.8 Å². The van der Waals surface area contributed by atoms with Crippen LogP contribution in [0.5, 0.6) is 0 Å². The van der Waals surface area contributed by atoms with Crippen molar-refractivity contribution in [3.8, 4) is 0 Å². The van der Waals surface area contributed by atoms with Crippen molar-refractivity contribution in [2.75, 3.05) is 38.2 Å². The van der Waals surface area contributed by atoms with E-state index in [2.05, 4.69) is 31.3 Å². The van der Waals surface area contributed by atoms with Gasteiger partial charge in [0.2, 0.25) is 0 Å². The summed E-state index contributed by atoms with van der Waals surface area (Å²) in [5.41, 5.74) is 1.08. The second kappa shape index (κ2) is 7.59. The maximum Gasteiger partial charge on any atom is 0.150 e. The van der Waals surface area contributed by atoms with Gasteiger partial charge in [-0.15, -0.1) is 0 Å². The van der Waals surface area contributed by atoms with Crippen LogP contribution < -0.4 is 5.32 Å². The highest BCUT2D eigenvalue weighted by Gasteiger charge is 2.17. The van der Waals surface area contributed by atoms with Gasteiger partial charge in [-0.25, -0.2) is 4.98 Å². The molecule has 1 saturated heterocycles. The van der Waals surface area contributed by atoms with Crippen LogP contribution in [0.15, 0.2) is 35.4 Å². The largest absolute Gasteiger partial charge is 0.378 e. The van der Waals surface area contributed by atoms with Crippen LogP contribution in [0.3, 0.4) is 0 Å². The fourth-order valence-corrected chi connectivity index (χ4v) is 2.10. The van der Waals surface area contributed by atoms with E-state index in [1.807, 2.05) is 13.8 Å². The van der Waals surface area contributed by atoms with Crippen molar-refractivity contribution in [2.45, 2.75) is 13.8 Å². The van der Waals surface area contributed by atoms with Gasteiger partial charge < -0.3 is 15.0 Å². The number of aromatic nitrogens is 2. The van der Waals surface area contributed by atoms with E-state index >= 15 is 0 Å². The molecule has 1 aliphatic rings. The normalized spacial score (nSPS) is 17.2. The third-order valence-corrected chi connectivity index (χ3v) is 2.99. The summed E-state index contributed by atoms with van der Waals surface area (Å²) in [5.74, 6) is 1.53. The predicted octanol–water partition coefficient (Wildman–Crippen LogP) is 1.54. The van der Waals surface area contributed by atoms with E-state index in [4.69, 9.17) is 4.74 Å². The van der Waals surface area contributed by atoms with Crippen molar-refractivity contribution >= 4 is 11.7 Å². The Bertz CT molecular complexity index is 466. The fourth-order valence-electron chi connectivity index (χ4n) is 2.10. The number of morpholine rings is 1. The first-order chi connectivity index (χ1) is 9.85. The van der Waals surface area contributed by atoms with E-state index in [9.17, 15) is 0 Å². The number of ether oxygens (including phenoxy) is 1. The molecule has 20 heavy (non-hydrogen) atoms. The predicted molar refractivity (Wildman–Crippen MR) is 79.8 cm³/mol. The summed E-state index contributed by atoms with van der Waals surface area (Å²) >= 11 is 0. The zero-order chi connectivity index (χ0) is 14.2. The van der Waals surface area contributed by atoms with E-state index in [1.165, 1.54) is 0 Å². The summed E-state index contributed by atoms with van der Waals surface area (Å²) in [5, 5.41) is 3.25. The molecule has 0 saturated carbocycles. The highest BCUT2D eigenvalue weighted by molar-refractivity contribution is 6.06. The second-order valence-electron chi connectivity index (χ2n) is 4.31.